The van der Waals surface area contributed by atoms with Crippen LogP contribution in [0.1, 0.15) is 0 Å². The number of para-hydroxylation sites is 2. The molecule has 1 aromatic carbocycles. The molecule has 5 heteroatoms. The highest BCUT2D eigenvalue weighted by Gasteiger charge is 2.10. The lowest BCUT2D eigenvalue weighted by Gasteiger charge is -1.97. The second-order valence-electron chi connectivity index (χ2n) is 3.09. The number of benzene rings is 1. The van der Waals surface area contributed by atoms with Crippen molar-refractivity contribution in [1.82, 2.24) is 4.57 Å². The van der Waals surface area contributed by atoms with Crippen LogP contribution in [-0.4, -0.2) is 15.7 Å². The number of halogens is 1. The molecule has 0 saturated heterocycles. The fourth-order valence-electron chi connectivity index (χ4n) is 1.38. The van der Waals surface area contributed by atoms with Crippen LogP contribution in [0.4, 0.5) is 0 Å². The Morgan fingerprint density at radius 2 is 2.13 bits per heavy atom. The van der Waals surface area contributed by atoms with Crippen molar-refractivity contribution < 1.29 is 9.21 Å². The summed E-state index contributed by atoms with van der Waals surface area (Å²) in [6.45, 7) is 0.0428. The molecule has 0 atom stereocenters. The van der Waals surface area contributed by atoms with Gasteiger partial charge in [-0.15, -0.1) is 0 Å². The largest absolute Gasteiger partial charge is 0.420 e. The SMILES string of the molecule is O=C(CBr)Cn1c(=O)oc2ccccc21. The molecule has 2 rings (SSSR count). The number of carbonyl (C=O) groups is 1. The highest BCUT2D eigenvalue weighted by atomic mass is 79.9. The lowest BCUT2D eigenvalue weighted by atomic mass is 10.3. The third-order valence-electron chi connectivity index (χ3n) is 2.06. The summed E-state index contributed by atoms with van der Waals surface area (Å²) >= 11 is 3.05. The summed E-state index contributed by atoms with van der Waals surface area (Å²) in [7, 11) is 0. The number of hydrogen-bond acceptors (Lipinski definition) is 3. The summed E-state index contributed by atoms with van der Waals surface area (Å²) in [6, 6.07) is 7.03. The standard InChI is InChI=1S/C10H8BrNO3/c11-5-7(13)6-12-8-3-1-2-4-9(8)15-10(12)14/h1-4H,5-6H2. The molecule has 0 fully saturated rings. The Kier molecular flexibility index (Phi) is 2.73. The molecule has 0 bridgehead atoms. The Hall–Kier alpha value is -1.36. The summed E-state index contributed by atoms with van der Waals surface area (Å²) in [4.78, 5) is 22.6. The fourth-order valence-corrected chi connectivity index (χ4v) is 1.56. The summed E-state index contributed by atoms with van der Waals surface area (Å²) in [5.41, 5.74) is 1.15. The van der Waals surface area contributed by atoms with E-state index in [2.05, 4.69) is 15.9 Å². The maximum absolute atomic E-state index is 11.4. The lowest BCUT2D eigenvalue weighted by molar-refractivity contribution is -0.117. The van der Waals surface area contributed by atoms with E-state index in [0.29, 0.717) is 11.1 Å². The summed E-state index contributed by atoms with van der Waals surface area (Å²) in [5.74, 6) is -0.561. The van der Waals surface area contributed by atoms with Crippen LogP contribution in [0, 0.1) is 0 Å². The second-order valence-corrected chi connectivity index (χ2v) is 3.65. The van der Waals surface area contributed by atoms with E-state index in [9.17, 15) is 9.59 Å². The molecule has 0 aliphatic rings. The van der Waals surface area contributed by atoms with Gasteiger partial charge >= 0.3 is 5.76 Å². The zero-order chi connectivity index (χ0) is 10.8. The van der Waals surface area contributed by atoms with Crippen molar-refractivity contribution >= 4 is 32.8 Å². The molecule has 78 valence electrons. The Morgan fingerprint density at radius 3 is 2.87 bits per heavy atom. The zero-order valence-electron chi connectivity index (χ0n) is 7.77. The van der Waals surface area contributed by atoms with Gasteiger partial charge in [0.05, 0.1) is 17.4 Å². The van der Waals surface area contributed by atoms with Crippen LogP contribution in [0.15, 0.2) is 33.5 Å². The Morgan fingerprint density at radius 1 is 1.40 bits per heavy atom. The van der Waals surface area contributed by atoms with Crippen LogP contribution in [0.25, 0.3) is 11.1 Å². The molecule has 0 unspecified atom stereocenters. The van der Waals surface area contributed by atoms with E-state index < -0.39 is 5.76 Å². The van der Waals surface area contributed by atoms with Gasteiger partial charge in [-0.2, -0.15) is 0 Å². The first-order valence-electron chi connectivity index (χ1n) is 4.38. The average molecular weight is 270 g/mol. The van der Waals surface area contributed by atoms with E-state index >= 15 is 0 Å². The molecule has 0 saturated carbocycles. The van der Waals surface area contributed by atoms with Gasteiger partial charge in [0.15, 0.2) is 11.4 Å². The molecule has 0 amide bonds. The normalized spacial score (nSPS) is 10.7. The van der Waals surface area contributed by atoms with Crippen molar-refractivity contribution in [3.05, 3.63) is 34.8 Å². The summed E-state index contributed by atoms with van der Waals surface area (Å²) in [6.07, 6.45) is 0. The number of rotatable bonds is 3. The zero-order valence-corrected chi connectivity index (χ0v) is 9.36. The molecule has 15 heavy (non-hydrogen) atoms. The highest BCUT2D eigenvalue weighted by Crippen LogP contribution is 2.11. The molecular weight excluding hydrogens is 262 g/mol. The van der Waals surface area contributed by atoms with Gasteiger partial charge < -0.3 is 4.42 Å². The van der Waals surface area contributed by atoms with Crippen molar-refractivity contribution in [3.63, 3.8) is 0 Å². The third kappa shape index (κ3) is 1.87. The monoisotopic (exact) mass is 269 g/mol. The van der Waals surface area contributed by atoms with Gasteiger partial charge in [0.1, 0.15) is 0 Å². The van der Waals surface area contributed by atoms with Gasteiger partial charge in [0.25, 0.3) is 0 Å². The molecule has 0 aliphatic heterocycles. The van der Waals surface area contributed by atoms with Crippen molar-refractivity contribution in [2.24, 2.45) is 0 Å². The van der Waals surface area contributed by atoms with Crippen molar-refractivity contribution in [1.29, 1.82) is 0 Å². The minimum Gasteiger partial charge on any atom is -0.408 e. The van der Waals surface area contributed by atoms with Gasteiger partial charge in [-0.25, -0.2) is 4.79 Å². The number of carbonyl (C=O) groups excluding carboxylic acids is 1. The maximum Gasteiger partial charge on any atom is 0.420 e. The average Bonchev–Trinajstić information content (AvgIpc) is 2.55. The highest BCUT2D eigenvalue weighted by molar-refractivity contribution is 9.09. The number of ketones is 1. The summed E-state index contributed by atoms with van der Waals surface area (Å²) in [5, 5.41) is 0.235. The van der Waals surface area contributed by atoms with Crippen LogP contribution in [0.2, 0.25) is 0 Å². The molecule has 0 spiro atoms. The Labute approximate surface area is 93.6 Å². The first-order valence-corrected chi connectivity index (χ1v) is 5.50. The van der Waals surface area contributed by atoms with Gasteiger partial charge in [-0.1, -0.05) is 28.1 Å². The van der Waals surface area contributed by atoms with Crippen molar-refractivity contribution in [2.45, 2.75) is 6.54 Å². The van der Waals surface area contributed by atoms with E-state index in [1.165, 1.54) is 4.57 Å². The Bertz CT molecular complexity index is 555. The van der Waals surface area contributed by atoms with E-state index in [4.69, 9.17) is 4.42 Å². The predicted octanol–water partition coefficient (Wildman–Crippen LogP) is 1.56. The van der Waals surface area contributed by atoms with Crippen LogP contribution >= 0.6 is 15.9 Å². The van der Waals surface area contributed by atoms with Gasteiger partial charge in [0, 0.05) is 0 Å². The number of oxazole rings is 1. The van der Waals surface area contributed by atoms with Crippen molar-refractivity contribution in [3.8, 4) is 0 Å². The quantitative estimate of drug-likeness (QED) is 0.795. The number of Topliss-reactive ketones (excluding diaryl/α,β-unsaturated/α-hetero) is 1. The van der Waals surface area contributed by atoms with Crippen LogP contribution < -0.4 is 5.76 Å². The number of nitrogens with zero attached hydrogens (tertiary/aromatic N) is 1. The van der Waals surface area contributed by atoms with Crippen molar-refractivity contribution in [2.75, 3.05) is 5.33 Å². The molecule has 2 aromatic rings. The number of fused-ring (bicyclic) bond motifs is 1. The molecule has 1 heterocycles. The van der Waals surface area contributed by atoms with Crippen LogP contribution in [0.5, 0.6) is 0 Å². The minimum absolute atomic E-state index is 0.0428. The van der Waals surface area contributed by atoms with Gasteiger partial charge in [-0.3, -0.25) is 9.36 Å². The minimum atomic E-state index is -0.495. The molecule has 1 aromatic heterocycles. The maximum atomic E-state index is 11.4. The van der Waals surface area contributed by atoms with E-state index in [-0.39, 0.29) is 17.7 Å². The van der Waals surface area contributed by atoms with Gasteiger partial charge in [-0.05, 0) is 12.1 Å². The molecule has 0 N–H and O–H groups in total. The lowest BCUT2D eigenvalue weighted by Crippen LogP contribution is -2.20. The number of alkyl halides is 1. The summed E-state index contributed by atoms with van der Waals surface area (Å²) < 4.78 is 6.32. The van der Waals surface area contributed by atoms with E-state index in [1.807, 2.05) is 0 Å². The van der Waals surface area contributed by atoms with E-state index in [0.717, 1.165) is 0 Å². The first-order chi connectivity index (χ1) is 7.22. The second kappa shape index (κ2) is 4.02. The topological polar surface area (TPSA) is 52.2 Å². The van der Waals surface area contributed by atoms with Gasteiger partial charge in [0.2, 0.25) is 0 Å². The number of hydrogen-bond donors (Lipinski definition) is 0. The molecule has 4 nitrogen and oxygen atoms in total. The number of aromatic nitrogens is 1. The molecule has 0 radical (unpaired) electrons. The first kappa shape index (κ1) is 10.2. The predicted molar refractivity (Wildman–Crippen MR) is 59.3 cm³/mol. The molecule has 0 aliphatic carbocycles. The fraction of sp³-hybridized carbons (Fsp3) is 0.200. The smallest absolute Gasteiger partial charge is 0.408 e. The third-order valence-corrected chi connectivity index (χ3v) is 2.68. The van der Waals surface area contributed by atoms with Crippen LogP contribution in [-0.2, 0) is 11.3 Å². The van der Waals surface area contributed by atoms with Crippen LogP contribution in [0.3, 0.4) is 0 Å². The molecular formula is C10H8BrNO3. The Balaban J connectivity index is 2.54. The van der Waals surface area contributed by atoms with E-state index in [1.54, 1.807) is 24.3 Å².